The summed E-state index contributed by atoms with van der Waals surface area (Å²) in [5, 5.41) is 9.16. The maximum absolute atomic E-state index is 13.3. The Morgan fingerprint density at radius 2 is 1.69 bits per heavy atom. The average Bonchev–Trinajstić information content (AvgIpc) is 2.93. The van der Waals surface area contributed by atoms with Crippen LogP contribution in [0.2, 0.25) is 0 Å². The van der Waals surface area contributed by atoms with Gasteiger partial charge < -0.3 is 29.4 Å². The van der Waals surface area contributed by atoms with Gasteiger partial charge in [-0.25, -0.2) is 4.79 Å². The first-order valence-electron chi connectivity index (χ1n) is 13.3. The molecule has 1 atom stereocenters. The summed E-state index contributed by atoms with van der Waals surface area (Å²) in [6, 6.07) is 15.7. The minimum Gasteiger partial charge on any atom is -0.478 e. The second kappa shape index (κ2) is 12.3. The molecule has 0 aromatic heterocycles. The summed E-state index contributed by atoms with van der Waals surface area (Å²) < 4.78 is 7.20. The van der Waals surface area contributed by atoms with Crippen molar-refractivity contribution in [3.05, 3.63) is 58.6 Å². The van der Waals surface area contributed by atoms with Crippen molar-refractivity contribution >= 4 is 39.5 Å². The molecule has 2 aliphatic heterocycles. The molecular weight excluding hydrogens is 564 g/mol. The minimum atomic E-state index is -1.11. The number of ether oxygens (including phenoxy) is 1. The molecule has 2 aliphatic rings. The van der Waals surface area contributed by atoms with Crippen molar-refractivity contribution < 1.29 is 24.2 Å². The summed E-state index contributed by atoms with van der Waals surface area (Å²) >= 11 is 3.45. The number of carboxylic acid groups (broad SMARTS) is 1. The van der Waals surface area contributed by atoms with Crippen molar-refractivity contribution in [2.75, 3.05) is 51.2 Å². The molecule has 3 amide bonds. The van der Waals surface area contributed by atoms with Crippen molar-refractivity contribution in [3.63, 3.8) is 0 Å². The zero-order valence-electron chi connectivity index (χ0n) is 22.8. The van der Waals surface area contributed by atoms with Gasteiger partial charge in [0, 0.05) is 69.1 Å². The van der Waals surface area contributed by atoms with Crippen LogP contribution in [0.25, 0.3) is 0 Å². The summed E-state index contributed by atoms with van der Waals surface area (Å²) in [5.74, 6) is 0.460. The average molecular weight is 602 g/mol. The summed E-state index contributed by atoms with van der Waals surface area (Å²) in [7, 11) is 1.86. The molecule has 2 aromatic carbocycles. The Labute approximate surface area is 238 Å². The second-order valence-corrected chi connectivity index (χ2v) is 11.7. The van der Waals surface area contributed by atoms with E-state index in [1.807, 2.05) is 55.6 Å². The molecule has 2 fully saturated rings. The summed E-state index contributed by atoms with van der Waals surface area (Å²) in [6.45, 7) is 6.79. The first-order chi connectivity index (χ1) is 18.5. The Morgan fingerprint density at radius 3 is 2.36 bits per heavy atom. The number of hydrogen-bond donors (Lipinski definition) is 1. The molecule has 0 aliphatic carbocycles. The number of piperidine rings is 1. The highest BCUT2D eigenvalue weighted by Crippen LogP contribution is 2.29. The minimum absolute atomic E-state index is 0.0914. The van der Waals surface area contributed by atoms with E-state index in [-0.39, 0.29) is 17.7 Å². The number of piperazine rings is 1. The van der Waals surface area contributed by atoms with Crippen molar-refractivity contribution in [2.24, 2.45) is 5.92 Å². The molecule has 4 rings (SSSR count). The maximum atomic E-state index is 13.3. The van der Waals surface area contributed by atoms with E-state index < -0.39 is 11.7 Å². The summed E-state index contributed by atoms with van der Waals surface area (Å²) in [5.41, 5.74) is 0.937. The predicted octanol–water partition coefficient (Wildman–Crippen LogP) is 4.30. The van der Waals surface area contributed by atoms with Crippen LogP contribution in [-0.2, 0) is 16.1 Å². The van der Waals surface area contributed by atoms with Crippen LogP contribution in [0.5, 0.6) is 5.75 Å². The Balaban J connectivity index is 1.36. The van der Waals surface area contributed by atoms with Gasteiger partial charge in [-0.2, -0.15) is 0 Å². The molecule has 2 aromatic rings. The zero-order valence-corrected chi connectivity index (χ0v) is 24.4. The third-order valence-electron chi connectivity index (χ3n) is 7.39. The summed E-state index contributed by atoms with van der Waals surface area (Å²) in [4.78, 5) is 44.6. The third-order valence-corrected chi connectivity index (χ3v) is 7.92. The number of amides is 3. The number of benzene rings is 2. The Hall–Kier alpha value is -3.27. The van der Waals surface area contributed by atoms with Crippen LogP contribution in [0.1, 0.15) is 32.3 Å². The van der Waals surface area contributed by atoms with Crippen LogP contribution in [0, 0.1) is 5.92 Å². The van der Waals surface area contributed by atoms with E-state index in [0.717, 1.165) is 35.1 Å². The molecule has 1 N–H and O–H groups in total. The van der Waals surface area contributed by atoms with Gasteiger partial charge in [-0.05, 0) is 56.5 Å². The SMILES string of the molecule is CN(Cc1ccc(Br)cc1)C(=O)C1CCCN(c2cccc(OC(C)(C)C(=O)N3CCN(C(=O)O)CC3)c2)C1. The van der Waals surface area contributed by atoms with E-state index in [4.69, 9.17) is 9.84 Å². The van der Waals surface area contributed by atoms with Crippen LogP contribution < -0.4 is 9.64 Å². The molecule has 2 heterocycles. The lowest BCUT2D eigenvalue weighted by Gasteiger charge is -2.38. The predicted molar refractivity (Wildman–Crippen MR) is 153 cm³/mol. The molecule has 210 valence electrons. The summed E-state index contributed by atoms with van der Waals surface area (Å²) in [6.07, 6.45) is 0.805. The topological polar surface area (TPSA) is 93.6 Å². The van der Waals surface area contributed by atoms with E-state index in [0.29, 0.717) is 45.0 Å². The van der Waals surface area contributed by atoms with Gasteiger partial charge in [-0.3, -0.25) is 9.59 Å². The first kappa shape index (κ1) is 28.7. The molecule has 39 heavy (non-hydrogen) atoms. The molecule has 9 nitrogen and oxygen atoms in total. The molecule has 0 spiro atoms. The lowest BCUT2D eigenvalue weighted by atomic mass is 9.96. The fourth-order valence-corrected chi connectivity index (χ4v) is 5.49. The van der Waals surface area contributed by atoms with Gasteiger partial charge in [-0.1, -0.05) is 34.1 Å². The van der Waals surface area contributed by atoms with Gasteiger partial charge >= 0.3 is 6.09 Å². The number of rotatable bonds is 7. The van der Waals surface area contributed by atoms with Gasteiger partial charge in [0.15, 0.2) is 5.60 Å². The van der Waals surface area contributed by atoms with Crippen LogP contribution in [-0.4, -0.2) is 89.6 Å². The smallest absolute Gasteiger partial charge is 0.407 e. The second-order valence-electron chi connectivity index (χ2n) is 10.8. The fourth-order valence-electron chi connectivity index (χ4n) is 5.23. The number of carbonyl (C=O) groups is 3. The van der Waals surface area contributed by atoms with Crippen LogP contribution >= 0.6 is 15.9 Å². The molecule has 0 radical (unpaired) electrons. The van der Waals surface area contributed by atoms with Gasteiger partial charge in [0.2, 0.25) is 5.91 Å². The molecule has 1 unspecified atom stereocenters. The van der Waals surface area contributed by atoms with E-state index >= 15 is 0 Å². The monoisotopic (exact) mass is 600 g/mol. The molecule has 0 bridgehead atoms. The van der Waals surface area contributed by atoms with Gasteiger partial charge in [0.25, 0.3) is 5.91 Å². The van der Waals surface area contributed by atoms with Crippen molar-refractivity contribution in [1.29, 1.82) is 0 Å². The third kappa shape index (κ3) is 7.23. The number of hydrogen-bond acceptors (Lipinski definition) is 5. The number of anilines is 1. The van der Waals surface area contributed by atoms with E-state index in [1.54, 1.807) is 23.6 Å². The molecule has 0 saturated carbocycles. The number of carbonyl (C=O) groups excluding carboxylic acids is 2. The standard InChI is InChI=1S/C29H37BrN4O5/c1-29(2,27(36)32-14-16-33(17-15-32)28(37)38)39-25-8-4-7-24(18-25)34-13-5-6-22(20-34)26(35)31(3)19-21-9-11-23(30)12-10-21/h4,7-12,18,22H,5-6,13-17,19-20H2,1-3H3,(H,37,38). The lowest BCUT2D eigenvalue weighted by molar-refractivity contribution is -0.147. The van der Waals surface area contributed by atoms with E-state index in [9.17, 15) is 14.4 Å². The van der Waals surface area contributed by atoms with E-state index in [2.05, 4.69) is 20.8 Å². The zero-order chi connectivity index (χ0) is 28.2. The van der Waals surface area contributed by atoms with Gasteiger partial charge in [0.1, 0.15) is 5.75 Å². The highest BCUT2D eigenvalue weighted by atomic mass is 79.9. The quantitative estimate of drug-likeness (QED) is 0.509. The van der Waals surface area contributed by atoms with Gasteiger partial charge in [-0.15, -0.1) is 0 Å². The van der Waals surface area contributed by atoms with Crippen LogP contribution in [0.15, 0.2) is 53.0 Å². The Bertz CT molecular complexity index is 1180. The Morgan fingerprint density at radius 1 is 1.03 bits per heavy atom. The first-order valence-corrected chi connectivity index (χ1v) is 14.1. The lowest BCUT2D eigenvalue weighted by Crippen LogP contribution is -2.56. The normalized spacial score (nSPS) is 18.1. The number of nitrogens with zero attached hydrogens (tertiary/aromatic N) is 4. The largest absolute Gasteiger partial charge is 0.478 e. The van der Waals surface area contributed by atoms with Crippen molar-refractivity contribution in [1.82, 2.24) is 14.7 Å². The Kier molecular flexibility index (Phi) is 9.04. The molecule has 2 saturated heterocycles. The molecule has 10 heteroatoms. The molecular formula is C29H37BrN4O5. The number of halogens is 1. The maximum Gasteiger partial charge on any atom is 0.407 e. The van der Waals surface area contributed by atoms with Gasteiger partial charge in [0.05, 0.1) is 5.92 Å². The highest BCUT2D eigenvalue weighted by molar-refractivity contribution is 9.10. The van der Waals surface area contributed by atoms with E-state index in [1.165, 1.54) is 4.90 Å². The van der Waals surface area contributed by atoms with Crippen molar-refractivity contribution in [3.8, 4) is 5.75 Å². The van der Waals surface area contributed by atoms with Crippen LogP contribution in [0.3, 0.4) is 0 Å². The van der Waals surface area contributed by atoms with Crippen LogP contribution in [0.4, 0.5) is 10.5 Å². The fraction of sp³-hybridized carbons (Fsp3) is 0.483. The highest BCUT2D eigenvalue weighted by Gasteiger charge is 2.36. The van der Waals surface area contributed by atoms with Crippen molar-refractivity contribution in [2.45, 2.75) is 38.8 Å².